The second kappa shape index (κ2) is 17.2. The third-order valence-corrected chi connectivity index (χ3v) is 10.9. The first-order valence-corrected chi connectivity index (χ1v) is 19.1. The van der Waals surface area contributed by atoms with Crippen molar-refractivity contribution in [2.24, 2.45) is 21.1 Å². The van der Waals surface area contributed by atoms with E-state index in [4.69, 9.17) is 36.0 Å². The third kappa shape index (κ3) is 8.12. The van der Waals surface area contributed by atoms with Crippen molar-refractivity contribution in [2.75, 3.05) is 34.0 Å². The van der Waals surface area contributed by atoms with Gasteiger partial charge in [-0.05, 0) is 60.4 Å². The van der Waals surface area contributed by atoms with Crippen molar-refractivity contribution in [3.8, 4) is 17.0 Å². The molecule has 0 fully saturated rings. The minimum Gasteiger partial charge on any atom is -0.507 e. The van der Waals surface area contributed by atoms with E-state index >= 15 is 0 Å². The van der Waals surface area contributed by atoms with Crippen molar-refractivity contribution in [1.29, 1.82) is 0 Å². The first-order valence-electron chi connectivity index (χ1n) is 17.6. The van der Waals surface area contributed by atoms with Crippen LogP contribution >= 0.6 is 23.4 Å². The maximum Gasteiger partial charge on any atom is 0.354 e. The number of aromatic hydroxyl groups is 1. The summed E-state index contributed by atoms with van der Waals surface area (Å²) in [6.07, 6.45) is 2.57. The fraction of sp³-hybridized carbons (Fsp3) is 0.375. The van der Waals surface area contributed by atoms with Gasteiger partial charge in [0.15, 0.2) is 0 Å². The molecule has 3 aromatic carbocycles. The van der Waals surface area contributed by atoms with Crippen molar-refractivity contribution >= 4 is 51.0 Å². The van der Waals surface area contributed by atoms with E-state index in [1.165, 1.54) is 7.11 Å². The van der Waals surface area contributed by atoms with Crippen molar-refractivity contribution in [2.45, 2.75) is 43.8 Å². The Morgan fingerprint density at radius 3 is 2.49 bits per heavy atom. The molecule has 0 aliphatic heterocycles. The number of ether oxygens (including phenoxy) is 3. The molecule has 280 valence electrons. The Bertz CT molecular complexity index is 2240. The summed E-state index contributed by atoms with van der Waals surface area (Å²) in [4.78, 5) is 13.1. The number of halogens is 1. The molecule has 6 aromatic rings. The van der Waals surface area contributed by atoms with Gasteiger partial charge in [-0.2, -0.15) is 22.0 Å². The number of aromatic nitrogens is 5. The summed E-state index contributed by atoms with van der Waals surface area (Å²) in [5, 5.41) is 33.3. The second-order valence-corrected chi connectivity index (χ2v) is 14.4. The van der Waals surface area contributed by atoms with E-state index in [1.54, 1.807) is 18.9 Å². The molecular formula is C40H46ClN5O6S. The Hall–Kier alpha value is -4.33. The SMILES string of the molecule is COCCOCc1nn(C)c(-c2c(Cl)ccc3c(CCCO)c(C(=O)OC)n(C)c23)c1CSCc1cc(CCc2cc(O)c3ccccc3c2)n(C)n1. The average molecular weight is 760 g/mol. The number of phenolic OH excluding ortho intramolecular Hbond substituents is 1. The van der Waals surface area contributed by atoms with Gasteiger partial charge in [0.25, 0.3) is 0 Å². The standard InChI is InChI=1S/C40H46ClN5O6S/c1-44-37-31(30(11-8-16-47)39(44)40(49)51-5)14-15-33(41)36(37)38-32(34(43-46(38)3)22-52-18-17-50-4)24-53-23-27-21-28(45(2)42-27)13-12-25-19-26-9-6-7-10-29(26)35(48)20-25/h6-7,9-10,14-15,19-21,47-48H,8,11-13,16-18,22-24H2,1-5H3. The lowest BCUT2D eigenvalue weighted by Crippen LogP contribution is -2.11. The van der Waals surface area contributed by atoms with Gasteiger partial charge < -0.3 is 29.0 Å². The molecule has 2 N–H and O–H groups in total. The summed E-state index contributed by atoms with van der Waals surface area (Å²) in [5.74, 6) is 1.13. The molecule has 0 bridgehead atoms. The quantitative estimate of drug-likeness (QED) is 0.0754. The minimum absolute atomic E-state index is 0.000249. The maximum atomic E-state index is 13.1. The zero-order valence-electron chi connectivity index (χ0n) is 30.8. The summed E-state index contributed by atoms with van der Waals surface area (Å²) in [6.45, 7) is 1.19. The molecule has 0 amide bonds. The van der Waals surface area contributed by atoms with Crippen LogP contribution in [0.3, 0.4) is 0 Å². The van der Waals surface area contributed by atoms with Gasteiger partial charge in [0, 0.05) is 74.0 Å². The van der Waals surface area contributed by atoms with Crippen LogP contribution in [-0.4, -0.2) is 74.4 Å². The molecule has 6 rings (SSSR count). The van der Waals surface area contributed by atoms with E-state index < -0.39 is 5.97 Å². The molecule has 3 aromatic heterocycles. The number of hydrogen-bond donors (Lipinski definition) is 2. The predicted octanol–water partition coefficient (Wildman–Crippen LogP) is 6.92. The number of rotatable bonds is 17. The summed E-state index contributed by atoms with van der Waals surface area (Å²) >= 11 is 8.79. The molecule has 0 unspecified atom stereocenters. The van der Waals surface area contributed by atoms with E-state index in [0.29, 0.717) is 60.6 Å². The molecule has 0 spiro atoms. The Morgan fingerprint density at radius 2 is 1.72 bits per heavy atom. The van der Waals surface area contributed by atoms with Gasteiger partial charge in [-0.3, -0.25) is 9.36 Å². The molecule has 0 saturated carbocycles. The van der Waals surface area contributed by atoms with Gasteiger partial charge in [0.2, 0.25) is 0 Å². The number of carbonyl (C=O) groups is 1. The van der Waals surface area contributed by atoms with Crippen molar-refractivity contribution in [1.82, 2.24) is 24.1 Å². The maximum absolute atomic E-state index is 13.1. The molecule has 0 radical (unpaired) electrons. The largest absolute Gasteiger partial charge is 0.507 e. The number of esters is 1. The number of aliphatic hydroxyl groups is 1. The van der Waals surface area contributed by atoms with Gasteiger partial charge in [0.05, 0.1) is 54.6 Å². The Morgan fingerprint density at radius 1 is 0.906 bits per heavy atom. The number of fused-ring (bicyclic) bond motifs is 2. The van der Waals surface area contributed by atoms with Gasteiger partial charge in [-0.1, -0.05) is 48.0 Å². The van der Waals surface area contributed by atoms with Gasteiger partial charge in [-0.25, -0.2) is 4.79 Å². The predicted molar refractivity (Wildman–Crippen MR) is 210 cm³/mol. The van der Waals surface area contributed by atoms with Crippen LogP contribution in [0.1, 0.15) is 50.7 Å². The van der Waals surface area contributed by atoms with Crippen molar-refractivity contribution < 1.29 is 29.2 Å². The number of carbonyl (C=O) groups excluding carboxylic acids is 1. The van der Waals surface area contributed by atoms with Gasteiger partial charge in [-0.15, -0.1) is 0 Å². The number of thioether (sulfide) groups is 1. The van der Waals surface area contributed by atoms with E-state index in [1.807, 2.05) is 77.5 Å². The zero-order valence-corrected chi connectivity index (χ0v) is 32.4. The monoisotopic (exact) mass is 759 g/mol. The number of aliphatic hydroxyl groups excluding tert-OH is 1. The van der Waals surface area contributed by atoms with Crippen LogP contribution in [0.5, 0.6) is 5.75 Å². The van der Waals surface area contributed by atoms with E-state index in [9.17, 15) is 15.0 Å². The fourth-order valence-corrected chi connectivity index (χ4v) is 8.31. The molecule has 3 heterocycles. The third-order valence-electron chi connectivity index (χ3n) is 9.60. The highest BCUT2D eigenvalue weighted by Gasteiger charge is 2.28. The number of phenols is 1. The number of benzene rings is 3. The van der Waals surface area contributed by atoms with Crippen LogP contribution in [0.2, 0.25) is 5.02 Å². The van der Waals surface area contributed by atoms with E-state index in [2.05, 4.69) is 12.1 Å². The van der Waals surface area contributed by atoms with Gasteiger partial charge >= 0.3 is 5.97 Å². The lowest BCUT2D eigenvalue weighted by molar-refractivity contribution is 0.0589. The molecule has 11 nitrogen and oxygen atoms in total. The van der Waals surface area contributed by atoms with Crippen LogP contribution in [0.15, 0.2) is 54.6 Å². The topological polar surface area (TPSA) is 126 Å². The normalized spacial score (nSPS) is 11.7. The number of aryl methyl sites for hydroxylation is 6. The average Bonchev–Trinajstić information content (AvgIpc) is 3.76. The van der Waals surface area contributed by atoms with Gasteiger partial charge in [0.1, 0.15) is 11.4 Å². The minimum atomic E-state index is -0.447. The summed E-state index contributed by atoms with van der Waals surface area (Å²) in [5.41, 5.74) is 8.57. The highest BCUT2D eigenvalue weighted by molar-refractivity contribution is 7.97. The van der Waals surface area contributed by atoms with E-state index in [0.717, 1.165) is 79.5 Å². The summed E-state index contributed by atoms with van der Waals surface area (Å²) in [7, 11) is 8.72. The molecule has 0 saturated heterocycles. The van der Waals surface area contributed by atoms with Crippen LogP contribution in [0.4, 0.5) is 0 Å². The van der Waals surface area contributed by atoms with Crippen LogP contribution in [0.25, 0.3) is 32.9 Å². The number of nitrogens with zero attached hydrogens (tertiary/aromatic N) is 5. The Kier molecular flexibility index (Phi) is 12.5. The Labute approximate surface area is 318 Å². The molecule has 53 heavy (non-hydrogen) atoms. The molecule has 13 heteroatoms. The van der Waals surface area contributed by atoms with Crippen molar-refractivity contribution in [3.63, 3.8) is 0 Å². The van der Waals surface area contributed by atoms with E-state index in [-0.39, 0.29) is 6.61 Å². The summed E-state index contributed by atoms with van der Waals surface area (Å²) < 4.78 is 22.0. The lowest BCUT2D eigenvalue weighted by atomic mass is 10.00. The molecule has 0 aliphatic carbocycles. The molecule has 0 atom stereocenters. The fourth-order valence-electron chi connectivity index (χ4n) is 7.11. The van der Waals surface area contributed by atoms with Crippen molar-refractivity contribution in [3.05, 3.63) is 99.1 Å². The first kappa shape index (κ1) is 38.4. The Balaban J connectivity index is 1.29. The highest BCUT2D eigenvalue weighted by atomic mass is 35.5. The zero-order chi connectivity index (χ0) is 37.6. The summed E-state index contributed by atoms with van der Waals surface area (Å²) in [6, 6.07) is 17.8. The first-order chi connectivity index (χ1) is 25.7. The van der Waals surface area contributed by atoms with Crippen LogP contribution in [-0.2, 0) is 72.7 Å². The number of hydrogen-bond acceptors (Lipinski definition) is 9. The smallest absolute Gasteiger partial charge is 0.354 e. The molecular weight excluding hydrogens is 714 g/mol. The lowest BCUT2D eigenvalue weighted by Gasteiger charge is -2.13. The highest BCUT2D eigenvalue weighted by Crippen LogP contribution is 2.42. The van der Waals surface area contributed by atoms with Crippen LogP contribution < -0.4 is 0 Å². The van der Waals surface area contributed by atoms with Crippen LogP contribution in [0, 0.1) is 0 Å². The molecule has 0 aliphatic rings. The second-order valence-electron chi connectivity index (χ2n) is 13.0. The number of methoxy groups -OCH3 is 2.